The van der Waals surface area contributed by atoms with E-state index in [0.717, 1.165) is 34.7 Å². The number of aliphatic hydroxyl groups excluding tert-OH is 1. The molecule has 0 bridgehead atoms. The van der Waals surface area contributed by atoms with Crippen molar-refractivity contribution in [3.63, 3.8) is 0 Å². The van der Waals surface area contributed by atoms with Gasteiger partial charge in [-0.15, -0.1) is 0 Å². The third kappa shape index (κ3) is 4.83. The van der Waals surface area contributed by atoms with E-state index < -0.39 is 29.5 Å². The van der Waals surface area contributed by atoms with Crippen molar-refractivity contribution in [3.05, 3.63) is 100 Å². The van der Waals surface area contributed by atoms with Gasteiger partial charge in [-0.1, -0.05) is 45.0 Å². The van der Waals surface area contributed by atoms with Gasteiger partial charge in [-0.3, -0.25) is 14.5 Å². The molecule has 3 aromatic rings. The molecule has 37 heavy (non-hydrogen) atoms. The molecule has 1 aliphatic rings. The minimum Gasteiger partial charge on any atom is -0.508 e. The van der Waals surface area contributed by atoms with E-state index in [2.05, 4.69) is 0 Å². The van der Waals surface area contributed by atoms with Gasteiger partial charge in [-0.2, -0.15) is 13.2 Å². The van der Waals surface area contributed by atoms with Crippen molar-refractivity contribution in [1.82, 2.24) is 0 Å². The first-order valence-corrected chi connectivity index (χ1v) is 11.6. The Balaban J connectivity index is 1.94. The van der Waals surface area contributed by atoms with Crippen LogP contribution in [0.2, 0.25) is 0 Å². The number of alkyl halides is 3. The molecule has 0 saturated carbocycles. The normalized spacial score (nSPS) is 17.9. The van der Waals surface area contributed by atoms with Crippen LogP contribution in [0.4, 0.5) is 18.9 Å². The number of amides is 1. The van der Waals surface area contributed by atoms with Crippen LogP contribution in [-0.2, 0) is 21.2 Å². The summed E-state index contributed by atoms with van der Waals surface area (Å²) in [7, 11) is 0. The van der Waals surface area contributed by atoms with Crippen LogP contribution in [0.3, 0.4) is 0 Å². The Bertz CT molecular complexity index is 1400. The molecule has 1 unspecified atom stereocenters. The molecule has 8 heteroatoms. The van der Waals surface area contributed by atoms with E-state index >= 15 is 0 Å². The monoisotopic (exact) mass is 509 g/mol. The number of phenolic OH excluding ortho intramolecular Hbond substituents is 1. The number of carbonyl (C=O) groups excluding carboxylic acids is 2. The number of anilines is 1. The molecular weight excluding hydrogens is 483 g/mol. The summed E-state index contributed by atoms with van der Waals surface area (Å²) in [6.07, 6.45) is -4.57. The number of aliphatic hydroxyl groups is 1. The SMILES string of the molecule is Cc1ccc(C(C)(C)C)cc1/C(O)=C1\C(=O)C(=O)N(c2ccc(C(F)(F)F)cc2)C1c1ccc(O)cc1. The van der Waals surface area contributed by atoms with E-state index in [4.69, 9.17) is 0 Å². The number of nitrogens with zero attached hydrogens (tertiary/aromatic N) is 1. The van der Waals surface area contributed by atoms with Gasteiger partial charge in [0.15, 0.2) is 0 Å². The number of ketones is 1. The third-order valence-corrected chi connectivity index (χ3v) is 6.48. The molecule has 0 aliphatic carbocycles. The predicted molar refractivity (Wildman–Crippen MR) is 134 cm³/mol. The lowest BCUT2D eigenvalue weighted by atomic mass is 9.84. The van der Waals surface area contributed by atoms with Crippen LogP contribution in [0.5, 0.6) is 5.75 Å². The zero-order valence-corrected chi connectivity index (χ0v) is 20.7. The van der Waals surface area contributed by atoms with Crippen LogP contribution < -0.4 is 4.90 Å². The first-order valence-electron chi connectivity index (χ1n) is 11.6. The number of phenols is 1. The van der Waals surface area contributed by atoms with Crippen molar-refractivity contribution in [3.8, 4) is 5.75 Å². The molecule has 1 amide bonds. The number of hydrogen-bond acceptors (Lipinski definition) is 4. The summed E-state index contributed by atoms with van der Waals surface area (Å²) in [4.78, 5) is 27.7. The number of aromatic hydroxyl groups is 1. The van der Waals surface area contributed by atoms with Gasteiger partial charge < -0.3 is 10.2 Å². The van der Waals surface area contributed by atoms with Crippen LogP contribution in [-0.4, -0.2) is 21.9 Å². The molecule has 1 saturated heterocycles. The van der Waals surface area contributed by atoms with E-state index in [1.165, 1.54) is 24.3 Å². The third-order valence-electron chi connectivity index (χ3n) is 6.48. The molecule has 1 heterocycles. The van der Waals surface area contributed by atoms with Crippen molar-refractivity contribution in [2.45, 2.75) is 45.3 Å². The zero-order valence-electron chi connectivity index (χ0n) is 20.7. The van der Waals surface area contributed by atoms with Crippen molar-refractivity contribution in [2.24, 2.45) is 0 Å². The fourth-order valence-electron chi connectivity index (χ4n) is 4.37. The Kier molecular flexibility index (Phi) is 6.40. The molecule has 3 aromatic carbocycles. The van der Waals surface area contributed by atoms with Crippen LogP contribution >= 0.6 is 0 Å². The fourth-order valence-corrected chi connectivity index (χ4v) is 4.37. The lowest BCUT2D eigenvalue weighted by Gasteiger charge is -2.26. The van der Waals surface area contributed by atoms with E-state index in [-0.39, 0.29) is 28.2 Å². The summed E-state index contributed by atoms with van der Waals surface area (Å²) in [6.45, 7) is 7.77. The number of hydrogen-bond donors (Lipinski definition) is 2. The van der Waals surface area contributed by atoms with Crippen molar-refractivity contribution < 1.29 is 33.0 Å². The van der Waals surface area contributed by atoms with Gasteiger partial charge >= 0.3 is 6.18 Å². The van der Waals surface area contributed by atoms with Gasteiger partial charge in [0, 0.05) is 11.3 Å². The van der Waals surface area contributed by atoms with Crippen LogP contribution in [0, 0.1) is 6.92 Å². The first kappa shape index (κ1) is 26.0. The fraction of sp³-hybridized carbons (Fsp3) is 0.241. The highest BCUT2D eigenvalue weighted by Crippen LogP contribution is 2.43. The molecule has 1 atom stereocenters. The average Bonchev–Trinajstić information content (AvgIpc) is 3.08. The van der Waals surface area contributed by atoms with E-state index in [1.807, 2.05) is 32.9 Å². The quantitative estimate of drug-likeness (QED) is 0.236. The van der Waals surface area contributed by atoms with Crippen molar-refractivity contribution in [2.75, 3.05) is 4.90 Å². The molecule has 0 spiro atoms. The second kappa shape index (κ2) is 9.10. The topological polar surface area (TPSA) is 77.8 Å². The van der Waals surface area contributed by atoms with Gasteiger partial charge in [0.2, 0.25) is 0 Å². The number of aryl methyl sites for hydroxylation is 1. The molecular formula is C29H26F3NO4. The molecule has 1 fully saturated rings. The molecule has 192 valence electrons. The highest BCUT2D eigenvalue weighted by Gasteiger charge is 2.47. The minimum atomic E-state index is -4.57. The molecule has 4 rings (SSSR count). The van der Waals surface area contributed by atoms with E-state index in [9.17, 15) is 33.0 Å². The van der Waals surface area contributed by atoms with Crippen molar-refractivity contribution >= 4 is 23.1 Å². The average molecular weight is 510 g/mol. The van der Waals surface area contributed by atoms with Gasteiger partial charge in [-0.05, 0) is 71.5 Å². The standard InChI is InChI=1S/C29H26F3NO4/c1-16-5-8-19(28(2,3)4)15-22(16)25(35)23-24(17-6-13-21(34)14-7-17)33(27(37)26(23)36)20-11-9-18(10-12-20)29(30,31)32/h5-15,24,34-35H,1-4H3/b25-23+. The van der Waals surface area contributed by atoms with E-state index in [0.29, 0.717) is 16.7 Å². The van der Waals surface area contributed by atoms with Gasteiger partial charge in [0.05, 0.1) is 17.2 Å². The Morgan fingerprint density at radius 2 is 1.43 bits per heavy atom. The van der Waals surface area contributed by atoms with Gasteiger partial charge in [0.25, 0.3) is 11.7 Å². The summed E-state index contributed by atoms with van der Waals surface area (Å²) < 4.78 is 39.4. The molecule has 0 aromatic heterocycles. The van der Waals surface area contributed by atoms with Gasteiger partial charge in [-0.25, -0.2) is 0 Å². The van der Waals surface area contributed by atoms with Crippen LogP contribution in [0.25, 0.3) is 5.76 Å². The zero-order chi connectivity index (χ0) is 27.3. The predicted octanol–water partition coefficient (Wildman–Crippen LogP) is 6.64. The smallest absolute Gasteiger partial charge is 0.416 e. The lowest BCUT2D eigenvalue weighted by Crippen LogP contribution is -2.29. The van der Waals surface area contributed by atoms with Gasteiger partial charge in [0.1, 0.15) is 11.5 Å². The second-order valence-electron chi connectivity index (χ2n) is 10.1. The maximum atomic E-state index is 13.3. The summed E-state index contributed by atoms with van der Waals surface area (Å²) in [6, 6.07) is 14.0. The van der Waals surface area contributed by atoms with Crippen LogP contribution in [0.15, 0.2) is 72.3 Å². The number of benzene rings is 3. The maximum Gasteiger partial charge on any atom is 0.416 e. The Hall–Kier alpha value is -4.07. The summed E-state index contributed by atoms with van der Waals surface area (Å²) in [5.41, 5.74) is 1.06. The summed E-state index contributed by atoms with van der Waals surface area (Å²) in [5, 5.41) is 21.2. The Morgan fingerprint density at radius 1 is 0.865 bits per heavy atom. The maximum absolute atomic E-state index is 13.3. The van der Waals surface area contributed by atoms with E-state index in [1.54, 1.807) is 13.0 Å². The molecule has 1 aliphatic heterocycles. The number of Topliss-reactive ketones (excluding diaryl/α,β-unsaturated/α-hetero) is 1. The Labute approximate surface area is 212 Å². The highest BCUT2D eigenvalue weighted by molar-refractivity contribution is 6.51. The largest absolute Gasteiger partial charge is 0.508 e. The molecule has 5 nitrogen and oxygen atoms in total. The molecule has 2 N–H and O–H groups in total. The number of carbonyl (C=O) groups is 2. The summed E-state index contributed by atoms with van der Waals surface area (Å²) >= 11 is 0. The molecule has 0 radical (unpaired) electrons. The number of halogens is 3. The summed E-state index contributed by atoms with van der Waals surface area (Å²) in [5.74, 6) is -2.38. The highest BCUT2D eigenvalue weighted by atomic mass is 19.4. The lowest BCUT2D eigenvalue weighted by molar-refractivity contribution is -0.137. The minimum absolute atomic E-state index is 0.0519. The number of rotatable bonds is 3. The van der Waals surface area contributed by atoms with Crippen molar-refractivity contribution in [1.29, 1.82) is 0 Å². The van der Waals surface area contributed by atoms with Crippen LogP contribution in [0.1, 0.15) is 54.6 Å². The Morgan fingerprint density at radius 3 is 1.97 bits per heavy atom. The first-order chi connectivity index (χ1) is 17.2. The second-order valence-corrected chi connectivity index (χ2v) is 10.1.